The number of anilines is 1. The number of hydrazone groups is 1. The Kier molecular flexibility index (Phi) is 4.52. The van der Waals surface area contributed by atoms with E-state index >= 15 is 0 Å². The average Bonchev–Trinajstić information content (AvgIpc) is 3.68. The van der Waals surface area contributed by atoms with Crippen molar-refractivity contribution >= 4 is 60.2 Å². The maximum absolute atomic E-state index is 14.7. The van der Waals surface area contributed by atoms with Crippen LogP contribution in [-0.4, -0.2) is 11.5 Å². The van der Waals surface area contributed by atoms with Crippen LogP contribution in [0.2, 0.25) is 0 Å². The SMILES string of the molecule is O=C1C(c2ccccc2)=NN(c2cccs2)C1(c1cc2ccccc2o1)c1cc2ccccc2s1. The van der Waals surface area contributed by atoms with Gasteiger partial charge in [0.05, 0.1) is 0 Å². The van der Waals surface area contributed by atoms with E-state index in [9.17, 15) is 4.79 Å². The van der Waals surface area contributed by atoms with Gasteiger partial charge in [0.15, 0.2) is 0 Å². The van der Waals surface area contributed by atoms with E-state index in [0.717, 1.165) is 36.5 Å². The van der Waals surface area contributed by atoms with Crippen molar-refractivity contribution in [2.75, 3.05) is 5.01 Å². The highest BCUT2D eigenvalue weighted by Gasteiger charge is 2.58. The molecule has 0 bridgehead atoms. The number of Topliss-reactive ketones (excluding diaryl/α,β-unsaturated/α-hetero) is 1. The maximum Gasteiger partial charge on any atom is 0.224 e. The molecule has 7 rings (SSSR count). The van der Waals surface area contributed by atoms with Crippen LogP contribution in [0.5, 0.6) is 0 Å². The first kappa shape index (κ1) is 20.4. The summed E-state index contributed by atoms with van der Waals surface area (Å²) in [7, 11) is 0. The molecule has 1 atom stereocenters. The minimum atomic E-state index is -1.25. The Balaban J connectivity index is 1.57. The zero-order valence-electron chi connectivity index (χ0n) is 18.4. The van der Waals surface area contributed by atoms with Gasteiger partial charge in [-0.3, -0.25) is 4.79 Å². The summed E-state index contributed by atoms with van der Waals surface area (Å²) in [6.07, 6.45) is 0. The van der Waals surface area contributed by atoms with Crippen LogP contribution >= 0.6 is 22.7 Å². The largest absolute Gasteiger partial charge is 0.458 e. The molecule has 0 amide bonds. The fraction of sp³-hybridized carbons (Fsp3) is 0.0345. The Morgan fingerprint density at radius 1 is 0.800 bits per heavy atom. The van der Waals surface area contributed by atoms with Gasteiger partial charge in [-0.15, -0.1) is 22.7 Å². The zero-order chi connectivity index (χ0) is 23.4. The van der Waals surface area contributed by atoms with Crippen molar-refractivity contribution in [2.45, 2.75) is 5.54 Å². The predicted octanol–water partition coefficient (Wildman–Crippen LogP) is 7.45. The van der Waals surface area contributed by atoms with Gasteiger partial charge in [0.2, 0.25) is 11.3 Å². The van der Waals surface area contributed by atoms with Gasteiger partial charge in [-0.1, -0.05) is 66.7 Å². The van der Waals surface area contributed by atoms with Crippen LogP contribution in [0.1, 0.15) is 16.2 Å². The lowest BCUT2D eigenvalue weighted by molar-refractivity contribution is -0.116. The van der Waals surface area contributed by atoms with E-state index in [1.165, 1.54) is 0 Å². The van der Waals surface area contributed by atoms with Crippen molar-refractivity contribution in [3.05, 3.63) is 125 Å². The highest BCUT2D eigenvalue weighted by Crippen LogP contribution is 2.50. The van der Waals surface area contributed by atoms with Gasteiger partial charge in [-0.25, -0.2) is 5.01 Å². The number of fused-ring (bicyclic) bond motifs is 2. The first-order valence-electron chi connectivity index (χ1n) is 11.3. The third-order valence-electron chi connectivity index (χ3n) is 6.39. The molecule has 4 heterocycles. The van der Waals surface area contributed by atoms with Crippen molar-refractivity contribution in [3.63, 3.8) is 0 Å². The van der Waals surface area contributed by atoms with E-state index in [2.05, 4.69) is 18.2 Å². The molecule has 4 nitrogen and oxygen atoms in total. The number of hydrogen-bond acceptors (Lipinski definition) is 6. The van der Waals surface area contributed by atoms with Crippen LogP contribution in [0.15, 0.2) is 118 Å². The van der Waals surface area contributed by atoms with Gasteiger partial charge < -0.3 is 4.42 Å². The smallest absolute Gasteiger partial charge is 0.224 e. The van der Waals surface area contributed by atoms with E-state index in [1.54, 1.807) is 22.7 Å². The molecule has 3 aromatic carbocycles. The summed E-state index contributed by atoms with van der Waals surface area (Å²) in [5, 5.41) is 11.8. The number of rotatable bonds is 4. The summed E-state index contributed by atoms with van der Waals surface area (Å²) < 4.78 is 7.58. The molecule has 0 spiro atoms. The third kappa shape index (κ3) is 2.97. The first-order valence-corrected chi connectivity index (χ1v) is 13.0. The lowest BCUT2D eigenvalue weighted by atomic mass is 9.85. The van der Waals surface area contributed by atoms with Gasteiger partial charge >= 0.3 is 0 Å². The van der Waals surface area contributed by atoms with Crippen LogP contribution in [-0.2, 0) is 10.3 Å². The van der Waals surface area contributed by atoms with Crippen LogP contribution in [0.4, 0.5) is 5.00 Å². The standard InChI is InChI=1S/C29H18N2O2S2/c32-28-27(19-9-2-1-3-10-19)30-31(26-15-8-16-34-26)29(28,24-17-20-11-4-6-13-22(20)33-24)25-18-21-12-5-7-14-23(21)35-25/h1-18H. The van der Waals surface area contributed by atoms with Crippen molar-refractivity contribution < 1.29 is 9.21 Å². The van der Waals surface area contributed by atoms with Gasteiger partial charge in [-0.2, -0.15) is 5.10 Å². The number of para-hydroxylation sites is 1. The molecule has 35 heavy (non-hydrogen) atoms. The Morgan fingerprint density at radius 3 is 2.34 bits per heavy atom. The number of nitrogens with zero attached hydrogens (tertiary/aromatic N) is 2. The number of hydrogen-bond donors (Lipinski definition) is 0. The number of thiophene rings is 2. The summed E-state index contributed by atoms with van der Waals surface area (Å²) in [4.78, 5) is 15.5. The third-order valence-corrected chi connectivity index (χ3v) is 8.46. The molecule has 0 aliphatic carbocycles. The lowest BCUT2D eigenvalue weighted by Gasteiger charge is -2.32. The second kappa shape index (κ2) is 7.77. The van der Waals surface area contributed by atoms with E-state index in [1.807, 2.05) is 95.3 Å². The van der Waals surface area contributed by atoms with Gasteiger partial charge in [-0.05, 0) is 47.2 Å². The van der Waals surface area contributed by atoms with E-state index in [0.29, 0.717) is 11.5 Å². The van der Waals surface area contributed by atoms with Crippen LogP contribution in [0.3, 0.4) is 0 Å². The fourth-order valence-electron chi connectivity index (χ4n) is 4.75. The number of carbonyl (C=O) groups is 1. The summed E-state index contributed by atoms with van der Waals surface area (Å²) in [6, 6.07) is 33.8. The van der Waals surface area contributed by atoms with Gasteiger partial charge in [0.1, 0.15) is 22.1 Å². The second-order valence-corrected chi connectivity index (χ2v) is 10.4. The average molecular weight is 491 g/mol. The Bertz CT molecular complexity index is 1590. The molecule has 6 heteroatoms. The van der Waals surface area contributed by atoms with E-state index in [4.69, 9.17) is 9.52 Å². The highest BCUT2D eigenvalue weighted by molar-refractivity contribution is 7.19. The number of benzene rings is 3. The fourth-order valence-corrected chi connectivity index (χ4v) is 6.73. The number of furan rings is 1. The summed E-state index contributed by atoms with van der Waals surface area (Å²) in [5.41, 5.74) is 0.712. The molecule has 0 fully saturated rings. The lowest BCUT2D eigenvalue weighted by Crippen LogP contribution is -2.47. The van der Waals surface area contributed by atoms with Crippen LogP contribution in [0.25, 0.3) is 21.1 Å². The van der Waals surface area contributed by atoms with Gasteiger partial charge in [0.25, 0.3) is 0 Å². The molecule has 3 aromatic heterocycles. The van der Waals surface area contributed by atoms with E-state index < -0.39 is 5.54 Å². The monoisotopic (exact) mass is 490 g/mol. The topological polar surface area (TPSA) is 45.8 Å². The molecule has 1 aliphatic heterocycles. The summed E-state index contributed by atoms with van der Waals surface area (Å²) in [6.45, 7) is 0. The maximum atomic E-state index is 14.7. The normalized spacial score (nSPS) is 18.0. The second-order valence-electron chi connectivity index (χ2n) is 8.41. The molecule has 168 valence electrons. The molecular weight excluding hydrogens is 472 g/mol. The molecule has 1 unspecified atom stereocenters. The molecular formula is C29H18N2O2S2. The molecule has 0 saturated carbocycles. The van der Waals surface area contributed by atoms with Gasteiger partial charge in [0, 0.05) is 20.5 Å². The molecule has 0 N–H and O–H groups in total. The minimum absolute atomic E-state index is 0.0947. The number of carbonyl (C=O) groups excluding carboxylic acids is 1. The van der Waals surface area contributed by atoms with E-state index in [-0.39, 0.29) is 5.78 Å². The Hall–Kier alpha value is -4.00. The van der Waals surface area contributed by atoms with Crippen molar-refractivity contribution in [3.8, 4) is 0 Å². The minimum Gasteiger partial charge on any atom is -0.458 e. The first-order chi connectivity index (χ1) is 17.2. The number of ketones is 1. The Labute approximate surface area is 209 Å². The summed E-state index contributed by atoms with van der Waals surface area (Å²) in [5.74, 6) is 0.473. The van der Waals surface area contributed by atoms with Crippen molar-refractivity contribution in [2.24, 2.45) is 5.10 Å². The molecule has 1 aliphatic rings. The Morgan fingerprint density at radius 2 is 1.57 bits per heavy atom. The van der Waals surface area contributed by atoms with Crippen molar-refractivity contribution in [1.82, 2.24) is 0 Å². The van der Waals surface area contributed by atoms with Crippen LogP contribution in [0, 0.1) is 0 Å². The summed E-state index contributed by atoms with van der Waals surface area (Å²) >= 11 is 3.16. The molecule has 0 saturated heterocycles. The quantitative estimate of drug-likeness (QED) is 0.258. The predicted molar refractivity (Wildman–Crippen MR) is 144 cm³/mol. The van der Waals surface area contributed by atoms with Crippen molar-refractivity contribution in [1.29, 1.82) is 0 Å². The molecule has 6 aromatic rings. The molecule has 0 radical (unpaired) electrons. The highest BCUT2D eigenvalue weighted by atomic mass is 32.1. The zero-order valence-corrected chi connectivity index (χ0v) is 20.1. The van der Waals surface area contributed by atoms with Crippen LogP contribution < -0.4 is 5.01 Å².